The lowest BCUT2D eigenvalue weighted by Crippen LogP contribution is -2.32. The third kappa shape index (κ3) is 5.62. The van der Waals surface area contributed by atoms with Gasteiger partial charge in [-0.3, -0.25) is 14.5 Å². The van der Waals surface area contributed by atoms with Gasteiger partial charge >= 0.3 is 0 Å². The van der Waals surface area contributed by atoms with Gasteiger partial charge in [-0.05, 0) is 61.7 Å². The fraction of sp³-hybridized carbons (Fsp3) is 0.381. The van der Waals surface area contributed by atoms with Gasteiger partial charge in [-0.2, -0.15) is 0 Å². The molecular formula is C21H26N4O2. The summed E-state index contributed by atoms with van der Waals surface area (Å²) in [5.41, 5.74) is 2.44. The molecule has 1 fully saturated rings. The largest absolute Gasteiger partial charge is 0.322 e. The first-order valence-electron chi connectivity index (χ1n) is 9.36. The molecule has 6 nitrogen and oxygen atoms in total. The molecule has 1 aromatic carbocycles. The minimum atomic E-state index is -0.234. The zero-order valence-electron chi connectivity index (χ0n) is 15.9. The van der Waals surface area contributed by atoms with E-state index < -0.39 is 0 Å². The summed E-state index contributed by atoms with van der Waals surface area (Å²) in [5, 5.41) is 5.46. The maximum atomic E-state index is 12.4. The molecule has 142 valence electrons. The summed E-state index contributed by atoms with van der Waals surface area (Å²) in [7, 11) is 0. The van der Waals surface area contributed by atoms with Gasteiger partial charge in [0, 0.05) is 30.9 Å². The highest BCUT2D eigenvalue weighted by Crippen LogP contribution is 2.19. The number of piperidine rings is 1. The lowest BCUT2D eigenvalue weighted by atomic mass is 9.99. The molecule has 0 saturated carbocycles. The van der Waals surface area contributed by atoms with Gasteiger partial charge in [0.25, 0.3) is 5.91 Å². The summed E-state index contributed by atoms with van der Waals surface area (Å²) in [6.07, 6.45) is 4.03. The van der Waals surface area contributed by atoms with Crippen molar-refractivity contribution in [2.45, 2.75) is 33.2 Å². The van der Waals surface area contributed by atoms with Crippen LogP contribution in [-0.4, -0.2) is 34.8 Å². The van der Waals surface area contributed by atoms with E-state index in [1.54, 1.807) is 12.1 Å². The van der Waals surface area contributed by atoms with Gasteiger partial charge in [0.2, 0.25) is 5.91 Å². The number of rotatable bonds is 5. The Morgan fingerprint density at radius 3 is 2.48 bits per heavy atom. The molecule has 1 saturated heterocycles. The Labute approximate surface area is 160 Å². The number of hydrogen-bond acceptors (Lipinski definition) is 4. The van der Waals surface area contributed by atoms with Crippen molar-refractivity contribution in [3.63, 3.8) is 0 Å². The van der Waals surface area contributed by atoms with Crippen molar-refractivity contribution in [2.75, 3.05) is 23.7 Å². The molecule has 1 aliphatic rings. The minimum Gasteiger partial charge on any atom is -0.322 e. The second-order valence-electron chi connectivity index (χ2n) is 7.22. The Morgan fingerprint density at radius 1 is 1.11 bits per heavy atom. The molecule has 3 rings (SSSR count). The molecule has 2 heterocycles. The Kier molecular flexibility index (Phi) is 6.19. The van der Waals surface area contributed by atoms with E-state index in [4.69, 9.17) is 0 Å². The van der Waals surface area contributed by atoms with Crippen molar-refractivity contribution in [1.82, 2.24) is 9.88 Å². The SMILES string of the molecule is CC(=O)Nc1cc(C(=O)Nc2ccc(CN3CCC(C)CC3)cc2)ccn1. The lowest BCUT2D eigenvalue weighted by Gasteiger charge is -2.30. The zero-order chi connectivity index (χ0) is 19.2. The van der Waals surface area contributed by atoms with Crippen LogP contribution in [0.4, 0.5) is 11.5 Å². The van der Waals surface area contributed by atoms with Crippen LogP contribution in [-0.2, 0) is 11.3 Å². The summed E-state index contributed by atoms with van der Waals surface area (Å²) in [4.78, 5) is 30.1. The Hall–Kier alpha value is -2.73. The van der Waals surface area contributed by atoms with E-state index in [-0.39, 0.29) is 11.8 Å². The molecule has 6 heteroatoms. The van der Waals surface area contributed by atoms with Crippen LogP contribution in [0.25, 0.3) is 0 Å². The third-order valence-corrected chi connectivity index (χ3v) is 4.82. The van der Waals surface area contributed by atoms with E-state index in [1.165, 1.54) is 31.5 Å². The van der Waals surface area contributed by atoms with Crippen molar-refractivity contribution in [3.05, 3.63) is 53.7 Å². The standard InChI is InChI=1S/C21H26N4O2/c1-15-8-11-25(12-9-15)14-17-3-5-19(6-4-17)24-21(27)18-7-10-22-20(13-18)23-16(2)26/h3-7,10,13,15H,8-9,11-12,14H2,1-2H3,(H,24,27)(H,22,23,26). The molecule has 27 heavy (non-hydrogen) atoms. The van der Waals surface area contributed by atoms with E-state index in [2.05, 4.69) is 39.6 Å². The van der Waals surface area contributed by atoms with E-state index in [9.17, 15) is 9.59 Å². The smallest absolute Gasteiger partial charge is 0.255 e. The average Bonchev–Trinajstić information content (AvgIpc) is 2.65. The molecule has 0 aliphatic carbocycles. The van der Waals surface area contributed by atoms with Gasteiger partial charge in [-0.15, -0.1) is 0 Å². The lowest BCUT2D eigenvalue weighted by molar-refractivity contribution is -0.114. The number of carbonyl (C=O) groups excluding carboxylic acids is 2. The molecule has 0 radical (unpaired) electrons. The predicted octanol–water partition coefficient (Wildman–Crippen LogP) is 3.52. The molecule has 2 N–H and O–H groups in total. The first-order valence-corrected chi connectivity index (χ1v) is 9.36. The number of aromatic nitrogens is 1. The van der Waals surface area contributed by atoms with Crippen molar-refractivity contribution in [2.24, 2.45) is 5.92 Å². The summed E-state index contributed by atoms with van der Waals surface area (Å²) < 4.78 is 0. The number of amides is 2. The summed E-state index contributed by atoms with van der Waals surface area (Å²) in [6, 6.07) is 11.1. The maximum absolute atomic E-state index is 12.4. The van der Waals surface area contributed by atoms with Crippen LogP contribution < -0.4 is 10.6 Å². The highest BCUT2D eigenvalue weighted by atomic mass is 16.2. The topological polar surface area (TPSA) is 74.3 Å². The second-order valence-corrected chi connectivity index (χ2v) is 7.22. The summed E-state index contributed by atoms with van der Waals surface area (Å²) in [6.45, 7) is 6.97. The molecule has 0 atom stereocenters. The minimum absolute atomic E-state index is 0.223. The normalized spacial score (nSPS) is 15.3. The van der Waals surface area contributed by atoms with Crippen LogP contribution in [0.3, 0.4) is 0 Å². The maximum Gasteiger partial charge on any atom is 0.255 e. The monoisotopic (exact) mass is 366 g/mol. The number of likely N-dealkylation sites (tertiary alicyclic amines) is 1. The van der Waals surface area contributed by atoms with Gasteiger partial charge in [0.05, 0.1) is 0 Å². The number of pyridine rings is 1. The first-order chi connectivity index (χ1) is 13.0. The number of nitrogens with zero attached hydrogens (tertiary/aromatic N) is 2. The van der Waals surface area contributed by atoms with E-state index in [0.29, 0.717) is 11.4 Å². The summed E-state index contributed by atoms with van der Waals surface area (Å²) >= 11 is 0. The van der Waals surface area contributed by atoms with E-state index >= 15 is 0 Å². The predicted molar refractivity (Wildman–Crippen MR) is 107 cm³/mol. The van der Waals surface area contributed by atoms with Crippen molar-refractivity contribution >= 4 is 23.3 Å². The van der Waals surface area contributed by atoms with E-state index in [0.717, 1.165) is 31.2 Å². The van der Waals surface area contributed by atoms with Crippen LogP contribution in [0, 0.1) is 5.92 Å². The van der Waals surface area contributed by atoms with Crippen molar-refractivity contribution in [1.29, 1.82) is 0 Å². The van der Waals surface area contributed by atoms with Crippen LogP contribution >= 0.6 is 0 Å². The number of hydrogen-bond donors (Lipinski definition) is 2. The van der Waals surface area contributed by atoms with Gasteiger partial charge in [0.1, 0.15) is 5.82 Å². The highest BCUT2D eigenvalue weighted by molar-refractivity contribution is 6.05. The Bertz CT molecular complexity index is 796. The number of anilines is 2. The van der Waals surface area contributed by atoms with Crippen LogP contribution in [0.5, 0.6) is 0 Å². The molecule has 2 aromatic rings. The van der Waals surface area contributed by atoms with Gasteiger partial charge in [-0.1, -0.05) is 19.1 Å². The van der Waals surface area contributed by atoms with Gasteiger partial charge in [0.15, 0.2) is 0 Å². The molecule has 0 unspecified atom stereocenters. The highest BCUT2D eigenvalue weighted by Gasteiger charge is 2.15. The fourth-order valence-electron chi connectivity index (χ4n) is 3.20. The first kappa shape index (κ1) is 19.0. The zero-order valence-corrected chi connectivity index (χ0v) is 15.9. The number of carbonyl (C=O) groups is 2. The average molecular weight is 366 g/mol. The van der Waals surface area contributed by atoms with Crippen molar-refractivity contribution in [3.8, 4) is 0 Å². The molecular weight excluding hydrogens is 340 g/mol. The molecule has 2 amide bonds. The fourth-order valence-corrected chi connectivity index (χ4v) is 3.20. The third-order valence-electron chi connectivity index (χ3n) is 4.82. The Balaban J connectivity index is 1.57. The van der Waals surface area contributed by atoms with Gasteiger partial charge in [-0.25, -0.2) is 4.98 Å². The van der Waals surface area contributed by atoms with E-state index in [1.807, 2.05) is 12.1 Å². The second kappa shape index (κ2) is 8.77. The number of nitrogens with one attached hydrogen (secondary N) is 2. The number of benzene rings is 1. The van der Waals surface area contributed by atoms with Crippen LogP contribution in [0.15, 0.2) is 42.6 Å². The molecule has 0 spiro atoms. The van der Waals surface area contributed by atoms with Crippen molar-refractivity contribution < 1.29 is 9.59 Å². The van der Waals surface area contributed by atoms with Crippen LogP contribution in [0.1, 0.15) is 42.6 Å². The summed E-state index contributed by atoms with van der Waals surface area (Å²) in [5.74, 6) is 0.736. The molecule has 1 aromatic heterocycles. The molecule has 0 bridgehead atoms. The Morgan fingerprint density at radius 2 is 1.81 bits per heavy atom. The van der Waals surface area contributed by atoms with Gasteiger partial charge < -0.3 is 10.6 Å². The van der Waals surface area contributed by atoms with Crippen LogP contribution in [0.2, 0.25) is 0 Å². The molecule has 1 aliphatic heterocycles. The quantitative estimate of drug-likeness (QED) is 0.849.